The fraction of sp³-hybridized carbons (Fsp3) is 0.333. The van der Waals surface area contributed by atoms with Gasteiger partial charge in [-0.05, 0) is 79.0 Å². The Kier molecular flexibility index (Phi) is 6.77. The number of benzene rings is 3. The largest absolute Gasteiger partial charge is 0.493 e. The van der Waals surface area contributed by atoms with Crippen LogP contribution in [0.1, 0.15) is 17.5 Å². The third-order valence-electron chi connectivity index (χ3n) is 5.21. The van der Waals surface area contributed by atoms with Crippen molar-refractivity contribution in [3.8, 4) is 11.5 Å². The van der Waals surface area contributed by atoms with E-state index in [1.807, 2.05) is 18.2 Å². The van der Waals surface area contributed by atoms with Gasteiger partial charge in [0.25, 0.3) is 0 Å². The molecule has 0 aliphatic rings. The van der Waals surface area contributed by atoms with E-state index in [0.717, 1.165) is 49.5 Å². The molecule has 0 fully saturated rings. The van der Waals surface area contributed by atoms with Crippen molar-refractivity contribution in [2.24, 2.45) is 0 Å². The van der Waals surface area contributed by atoms with E-state index >= 15 is 0 Å². The van der Waals surface area contributed by atoms with Crippen molar-refractivity contribution in [3.63, 3.8) is 0 Å². The van der Waals surface area contributed by atoms with Gasteiger partial charge in [-0.25, -0.2) is 0 Å². The topological polar surface area (TPSA) is 47.7 Å². The maximum absolute atomic E-state index is 5.91. The Balaban J connectivity index is 1.51. The summed E-state index contributed by atoms with van der Waals surface area (Å²) in [7, 11) is 5.52. The maximum Gasteiger partial charge on any atom is 0.160 e. The number of ether oxygens (including phenoxy) is 2. The smallest absolute Gasteiger partial charge is 0.160 e. The van der Waals surface area contributed by atoms with Crippen LogP contribution >= 0.6 is 0 Å². The molecule has 0 aromatic heterocycles. The van der Waals surface area contributed by atoms with Gasteiger partial charge in [0.1, 0.15) is 0 Å². The monoisotopic (exact) mass is 378 g/mol. The van der Waals surface area contributed by atoms with Gasteiger partial charge in [-0.1, -0.05) is 30.3 Å². The van der Waals surface area contributed by atoms with Crippen LogP contribution in [0.2, 0.25) is 0 Å². The molecule has 3 aromatic carbocycles. The number of nitrogens with two attached hydrogens (primary N) is 1. The fourth-order valence-electron chi connectivity index (χ4n) is 3.59. The van der Waals surface area contributed by atoms with E-state index in [9.17, 15) is 0 Å². The Bertz CT molecular complexity index is 924. The van der Waals surface area contributed by atoms with Gasteiger partial charge in [0.2, 0.25) is 0 Å². The van der Waals surface area contributed by atoms with E-state index in [-0.39, 0.29) is 0 Å². The molecule has 0 bridgehead atoms. The molecule has 0 saturated carbocycles. The number of anilines is 1. The first kappa shape index (κ1) is 20.0. The first-order chi connectivity index (χ1) is 13.6. The number of likely N-dealkylation sites (N-methyl/N-ethyl adjacent to an activating group) is 1. The number of aryl methyl sites for hydroxylation is 1. The molecule has 2 N–H and O–H groups in total. The van der Waals surface area contributed by atoms with E-state index in [4.69, 9.17) is 15.2 Å². The summed E-state index contributed by atoms with van der Waals surface area (Å²) in [6.45, 7) is 2.08. The molecule has 3 aromatic rings. The molecule has 0 saturated heterocycles. The number of rotatable bonds is 9. The van der Waals surface area contributed by atoms with Gasteiger partial charge in [0.15, 0.2) is 11.5 Å². The van der Waals surface area contributed by atoms with Crippen molar-refractivity contribution >= 4 is 16.5 Å². The van der Waals surface area contributed by atoms with Gasteiger partial charge in [0.05, 0.1) is 14.2 Å². The third kappa shape index (κ3) is 4.96. The van der Waals surface area contributed by atoms with Crippen molar-refractivity contribution in [2.75, 3.05) is 40.1 Å². The first-order valence-electron chi connectivity index (χ1n) is 9.77. The molecule has 4 heteroatoms. The number of nitrogens with zero attached hydrogens (tertiary/aromatic N) is 1. The van der Waals surface area contributed by atoms with Crippen molar-refractivity contribution in [1.82, 2.24) is 4.90 Å². The zero-order valence-electron chi connectivity index (χ0n) is 17.1. The quantitative estimate of drug-likeness (QED) is 0.555. The average molecular weight is 379 g/mol. The SMILES string of the molecule is COc1ccc(CCN(C)CCCc2cccc3cc(N)ccc23)cc1OC. The lowest BCUT2D eigenvalue weighted by Gasteiger charge is -2.17. The molecule has 0 heterocycles. The van der Waals surface area contributed by atoms with Gasteiger partial charge in [-0.2, -0.15) is 0 Å². The predicted molar refractivity (Wildman–Crippen MR) is 117 cm³/mol. The van der Waals surface area contributed by atoms with E-state index < -0.39 is 0 Å². The molecule has 28 heavy (non-hydrogen) atoms. The van der Waals surface area contributed by atoms with E-state index in [1.165, 1.54) is 21.9 Å². The van der Waals surface area contributed by atoms with Crippen molar-refractivity contribution in [1.29, 1.82) is 0 Å². The molecule has 0 amide bonds. The molecule has 0 atom stereocenters. The Labute approximate surface area is 167 Å². The second kappa shape index (κ2) is 9.47. The van der Waals surface area contributed by atoms with E-state index in [0.29, 0.717) is 0 Å². The van der Waals surface area contributed by atoms with Crippen LogP contribution < -0.4 is 15.2 Å². The minimum Gasteiger partial charge on any atom is -0.493 e. The van der Waals surface area contributed by atoms with E-state index in [1.54, 1.807) is 14.2 Å². The molecule has 0 radical (unpaired) electrons. The zero-order chi connectivity index (χ0) is 19.9. The summed E-state index contributed by atoms with van der Waals surface area (Å²) < 4.78 is 10.7. The lowest BCUT2D eigenvalue weighted by Crippen LogP contribution is -2.22. The molecule has 148 valence electrons. The number of methoxy groups -OCH3 is 2. The minimum atomic E-state index is 0.774. The van der Waals surface area contributed by atoms with Crippen LogP contribution in [0.4, 0.5) is 5.69 Å². The first-order valence-corrected chi connectivity index (χ1v) is 9.77. The molecule has 4 nitrogen and oxygen atoms in total. The van der Waals surface area contributed by atoms with Crippen LogP contribution in [-0.4, -0.2) is 39.3 Å². The average Bonchev–Trinajstić information content (AvgIpc) is 2.71. The normalized spacial score (nSPS) is 11.1. The highest BCUT2D eigenvalue weighted by Gasteiger charge is 2.07. The summed E-state index contributed by atoms with van der Waals surface area (Å²) in [5.74, 6) is 1.57. The van der Waals surface area contributed by atoms with Crippen molar-refractivity contribution < 1.29 is 9.47 Å². The molecular weight excluding hydrogens is 348 g/mol. The summed E-state index contributed by atoms with van der Waals surface area (Å²) >= 11 is 0. The van der Waals surface area contributed by atoms with Gasteiger partial charge < -0.3 is 20.1 Å². The summed E-state index contributed by atoms with van der Waals surface area (Å²) in [6.07, 6.45) is 3.19. The predicted octanol–water partition coefficient (Wildman–Crippen LogP) is 4.55. The zero-order valence-corrected chi connectivity index (χ0v) is 17.1. The fourth-order valence-corrected chi connectivity index (χ4v) is 3.59. The number of hydrogen-bond acceptors (Lipinski definition) is 4. The molecule has 3 rings (SSSR count). The Morgan fingerprint density at radius 3 is 2.46 bits per heavy atom. The molecule has 0 aliphatic carbocycles. The molecule has 0 aliphatic heterocycles. The van der Waals surface area contributed by atoms with Crippen LogP contribution in [0.15, 0.2) is 54.6 Å². The summed E-state index contributed by atoms with van der Waals surface area (Å²) in [5.41, 5.74) is 9.38. The van der Waals surface area contributed by atoms with Crippen LogP contribution in [0.5, 0.6) is 11.5 Å². The van der Waals surface area contributed by atoms with E-state index in [2.05, 4.69) is 48.3 Å². The van der Waals surface area contributed by atoms with Crippen LogP contribution in [0, 0.1) is 0 Å². The highest BCUT2D eigenvalue weighted by atomic mass is 16.5. The number of hydrogen-bond donors (Lipinski definition) is 1. The van der Waals surface area contributed by atoms with Crippen molar-refractivity contribution in [3.05, 3.63) is 65.7 Å². The van der Waals surface area contributed by atoms with Gasteiger partial charge >= 0.3 is 0 Å². The number of fused-ring (bicyclic) bond motifs is 1. The third-order valence-corrected chi connectivity index (χ3v) is 5.21. The standard InChI is InChI=1S/C24H30N2O2/c1-26(15-13-18-9-12-23(27-2)24(16-18)28-3)14-5-8-19-6-4-7-20-17-21(25)10-11-22(19)20/h4,6-7,9-12,16-17H,5,8,13-15,25H2,1-3H3. The van der Waals surface area contributed by atoms with Crippen LogP contribution in [0.3, 0.4) is 0 Å². The van der Waals surface area contributed by atoms with Gasteiger partial charge in [-0.15, -0.1) is 0 Å². The van der Waals surface area contributed by atoms with Crippen LogP contribution in [0.25, 0.3) is 10.8 Å². The lowest BCUT2D eigenvalue weighted by molar-refractivity contribution is 0.332. The maximum atomic E-state index is 5.91. The summed E-state index contributed by atoms with van der Waals surface area (Å²) in [5, 5.41) is 2.53. The lowest BCUT2D eigenvalue weighted by atomic mass is 10.0. The highest BCUT2D eigenvalue weighted by molar-refractivity contribution is 5.88. The second-order valence-electron chi connectivity index (χ2n) is 7.24. The molecule has 0 spiro atoms. The molecule has 0 unspecified atom stereocenters. The highest BCUT2D eigenvalue weighted by Crippen LogP contribution is 2.27. The van der Waals surface area contributed by atoms with Crippen molar-refractivity contribution in [2.45, 2.75) is 19.3 Å². The van der Waals surface area contributed by atoms with Gasteiger partial charge in [-0.3, -0.25) is 0 Å². The van der Waals surface area contributed by atoms with Crippen LogP contribution in [-0.2, 0) is 12.8 Å². The second-order valence-corrected chi connectivity index (χ2v) is 7.24. The Morgan fingerprint density at radius 1 is 0.857 bits per heavy atom. The summed E-state index contributed by atoms with van der Waals surface area (Å²) in [6, 6.07) is 18.8. The van der Waals surface area contributed by atoms with Gasteiger partial charge in [0, 0.05) is 12.2 Å². The molecular formula is C24H30N2O2. The summed E-state index contributed by atoms with van der Waals surface area (Å²) in [4.78, 5) is 2.39. The minimum absolute atomic E-state index is 0.774. The Hall–Kier alpha value is -2.72. The Morgan fingerprint density at radius 2 is 1.68 bits per heavy atom. The number of nitrogen functional groups attached to an aromatic ring is 1.